The van der Waals surface area contributed by atoms with Crippen LogP contribution in [0, 0.1) is 6.92 Å². The highest BCUT2D eigenvalue weighted by Crippen LogP contribution is 2.42. The lowest BCUT2D eigenvalue weighted by atomic mass is 9.93. The van der Waals surface area contributed by atoms with Crippen molar-refractivity contribution in [3.63, 3.8) is 0 Å². The molecule has 32 heavy (non-hydrogen) atoms. The zero-order valence-electron chi connectivity index (χ0n) is 18.4. The Bertz CT molecular complexity index is 940. The first-order valence-electron chi connectivity index (χ1n) is 10.1. The van der Waals surface area contributed by atoms with Gasteiger partial charge < -0.3 is 19.5 Å². The van der Waals surface area contributed by atoms with Crippen LogP contribution >= 0.6 is 23.2 Å². The molecule has 1 heterocycles. The van der Waals surface area contributed by atoms with Crippen molar-refractivity contribution >= 4 is 46.7 Å². The van der Waals surface area contributed by atoms with Gasteiger partial charge in [0, 0.05) is 17.5 Å². The van der Waals surface area contributed by atoms with Gasteiger partial charge in [-0.3, -0.25) is 9.59 Å². The first-order chi connectivity index (χ1) is 15.0. The molecule has 7 nitrogen and oxygen atoms in total. The lowest BCUT2D eigenvalue weighted by molar-refractivity contribution is -0.143. The molecule has 0 atom stereocenters. The van der Waals surface area contributed by atoms with E-state index in [1.807, 2.05) is 19.9 Å². The summed E-state index contributed by atoms with van der Waals surface area (Å²) in [6, 6.07) is 0. The number of alkyl halides is 3. The number of amides is 1. The average molecular weight is 490 g/mol. The van der Waals surface area contributed by atoms with Crippen LogP contribution in [-0.2, 0) is 32.1 Å². The van der Waals surface area contributed by atoms with Crippen molar-refractivity contribution in [1.29, 1.82) is 0 Å². The number of carbonyl (C=O) groups excluding carboxylic acids is 3. The molecule has 1 aliphatic rings. The Morgan fingerprint density at radius 2 is 2.00 bits per heavy atom. The topological polar surface area (TPSA) is 90.9 Å². The molecule has 0 spiro atoms. The Balaban J connectivity index is 2.41. The first kappa shape index (κ1) is 25.9. The van der Waals surface area contributed by atoms with Gasteiger partial charge in [0.25, 0.3) is 5.91 Å². The van der Waals surface area contributed by atoms with E-state index in [9.17, 15) is 18.8 Å². The van der Waals surface area contributed by atoms with Crippen LogP contribution in [0.5, 0.6) is 5.75 Å². The minimum Gasteiger partial charge on any atom is -0.496 e. The molecule has 0 unspecified atom stereocenters. The number of hydrogen-bond donors (Lipinski definition) is 1. The van der Waals surface area contributed by atoms with Gasteiger partial charge in [-0.2, -0.15) is 4.39 Å². The van der Waals surface area contributed by atoms with Crippen LogP contribution in [0.3, 0.4) is 0 Å². The molecule has 0 fully saturated rings. The third kappa shape index (κ3) is 6.13. The molecule has 2 rings (SSSR count). The van der Waals surface area contributed by atoms with Crippen LogP contribution in [0.25, 0.3) is 0 Å². The van der Waals surface area contributed by atoms with Crippen molar-refractivity contribution in [1.82, 2.24) is 0 Å². The van der Waals surface area contributed by atoms with E-state index >= 15 is 0 Å². The number of cyclic esters (lactones) is 1. The summed E-state index contributed by atoms with van der Waals surface area (Å²) in [7, 11) is 1.45. The Kier molecular flexibility index (Phi) is 8.92. The number of allylic oxidation sites excluding steroid dienone is 2. The molecule has 0 aromatic heterocycles. The van der Waals surface area contributed by atoms with Crippen molar-refractivity contribution in [3.05, 3.63) is 33.9 Å². The zero-order chi connectivity index (χ0) is 24.1. The van der Waals surface area contributed by atoms with Crippen LogP contribution in [0.15, 0.2) is 11.6 Å². The van der Waals surface area contributed by atoms with E-state index in [1.165, 1.54) is 7.11 Å². The lowest BCUT2D eigenvalue weighted by Gasteiger charge is -2.20. The predicted octanol–water partition coefficient (Wildman–Crippen LogP) is 4.94. The first-order valence-corrected chi connectivity index (χ1v) is 10.9. The summed E-state index contributed by atoms with van der Waals surface area (Å²) in [5, 5.41) is 2.32. The van der Waals surface area contributed by atoms with Gasteiger partial charge in [-0.15, -0.1) is 0 Å². The monoisotopic (exact) mass is 489 g/mol. The van der Waals surface area contributed by atoms with E-state index in [0.29, 0.717) is 35.5 Å². The van der Waals surface area contributed by atoms with Crippen molar-refractivity contribution in [3.8, 4) is 5.75 Å². The van der Waals surface area contributed by atoms with Crippen LogP contribution in [0.4, 0.5) is 10.1 Å². The highest BCUT2D eigenvalue weighted by Gasteiger charge is 2.38. The highest BCUT2D eigenvalue weighted by atomic mass is 35.5. The number of fused-ring (bicyclic) bond motifs is 1. The van der Waals surface area contributed by atoms with E-state index in [-0.39, 0.29) is 36.7 Å². The number of ether oxygens (including phenoxy) is 3. The number of carbonyl (C=O) groups is 3. The third-order valence-corrected chi connectivity index (χ3v) is 5.36. The second-order valence-corrected chi connectivity index (χ2v) is 8.60. The largest absolute Gasteiger partial charge is 0.496 e. The molecule has 1 aromatic carbocycles. The summed E-state index contributed by atoms with van der Waals surface area (Å²) in [5.41, 5.74) is 2.65. The lowest BCUT2D eigenvalue weighted by Crippen LogP contribution is -2.29. The van der Waals surface area contributed by atoms with Crippen LogP contribution in [-0.4, -0.2) is 36.1 Å². The maximum Gasteiger partial charge on any atom is 0.341 e. The minimum absolute atomic E-state index is 0.00321. The van der Waals surface area contributed by atoms with Crippen LogP contribution in [0.1, 0.15) is 60.2 Å². The number of anilines is 1. The standard InChI is InChI=1S/C22H26Cl2FNO6/c1-5-10-31-16(27)9-7-12(2)6-8-14-18(26-21(29)22(23,24)25)17-15(11-32-20(17)28)13(3)19(14)30-4/h6H,5,7-11H2,1-4H3,(H,26,29). The summed E-state index contributed by atoms with van der Waals surface area (Å²) in [4.78, 5) is 36.3. The summed E-state index contributed by atoms with van der Waals surface area (Å²) in [6.07, 6.45) is 3.49. The molecule has 176 valence electrons. The van der Waals surface area contributed by atoms with Crippen molar-refractivity contribution in [2.24, 2.45) is 0 Å². The molecule has 1 aromatic rings. The Hall–Kier alpha value is -2.32. The Morgan fingerprint density at radius 1 is 1.31 bits per heavy atom. The second-order valence-electron chi connectivity index (χ2n) is 7.37. The Labute approximate surface area is 196 Å². The molecule has 1 aliphatic heterocycles. The summed E-state index contributed by atoms with van der Waals surface area (Å²) in [5.74, 6) is -1.87. The molecule has 0 aliphatic carbocycles. The molecular weight excluding hydrogens is 464 g/mol. The molecular formula is C22H26Cl2FNO6. The van der Waals surface area contributed by atoms with Gasteiger partial charge in [0.05, 0.1) is 25.0 Å². The predicted molar refractivity (Wildman–Crippen MR) is 119 cm³/mol. The van der Waals surface area contributed by atoms with Gasteiger partial charge in [0.15, 0.2) is 0 Å². The fraction of sp³-hybridized carbons (Fsp3) is 0.500. The van der Waals surface area contributed by atoms with Gasteiger partial charge >= 0.3 is 16.5 Å². The third-order valence-electron chi connectivity index (χ3n) is 5.02. The molecule has 0 saturated carbocycles. The van der Waals surface area contributed by atoms with Crippen molar-refractivity contribution in [2.45, 2.75) is 57.6 Å². The van der Waals surface area contributed by atoms with Crippen molar-refractivity contribution < 1.29 is 33.0 Å². The van der Waals surface area contributed by atoms with E-state index in [1.54, 1.807) is 6.92 Å². The summed E-state index contributed by atoms with van der Waals surface area (Å²) in [6.45, 7) is 5.90. The van der Waals surface area contributed by atoms with E-state index < -0.39 is 16.5 Å². The average Bonchev–Trinajstić information content (AvgIpc) is 3.12. The SMILES string of the molecule is CCCOC(=O)CCC(C)=CCc1c(NC(=O)C(F)(Cl)Cl)c2c(c(C)c1OC)COC2=O. The molecule has 0 saturated heterocycles. The molecule has 10 heteroatoms. The number of hydrogen-bond acceptors (Lipinski definition) is 6. The number of methoxy groups -OCH3 is 1. The fourth-order valence-electron chi connectivity index (χ4n) is 3.34. The highest BCUT2D eigenvalue weighted by molar-refractivity contribution is 6.57. The van der Waals surface area contributed by atoms with Crippen LogP contribution in [0.2, 0.25) is 0 Å². The quantitative estimate of drug-likeness (QED) is 0.284. The number of rotatable bonds is 10. The molecule has 0 radical (unpaired) electrons. The van der Waals surface area contributed by atoms with Gasteiger partial charge in [-0.25, -0.2) is 4.79 Å². The van der Waals surface area contributed by atoms with Crippen LogP contribution < -0.4 is 10.1 Å². The van der Waals surface area contributed by atoms with Gasteiger partial charge in [-0.1, -0.05) is 41.8 Å². The van der Waals surface area contributed by atoms with E-state index in [4.69, 9.17) is 37.4 Å². The van der Waals surface area contributed by atoms with E-state index in [0.717, 1.165) is 12.0 Å². The van der Waals surface area contributed by atoms with Gasteiger partial charge in [0.2, 0.25) is 0 Å². The van der Waals surface area contributed by atoms with E-state index in [2.05, 4.69) is 5.32 Å². The number of nitrogens with one attached hydrogen (secondary N) is 1. The number of halogens is 3. The smallest absolute Gasteiger partial charge is 0.341 e. The van der Waals surface area contributed by atoms with Gasteiger partial charge in [-0.05, 0) is 38.7 Å². The maximum absolute atomic E-state index is 13.8. The van der Waals surface area contributed by atoms with Crippen molar-refractivity contribution in [2.75, 3.05) is 19.0 Å². The summed E-state index contributed by atoms with van der Waals surface area (Å²) >= 11 is 10.6. The molecule has 0 bridgehead atoms. The Morgan fingerprint density at radius 3 is 2.59 bits per heavy atom. The fourth-order valence-corrected chi connectivity index (χ4v) is 3.44. The maximum atomic E-state index is 13.8. The minimum atomic E-state index is -3.20. The molecule has 1 N–H and O–H groups in total. The van der Waals surface area contributed by atoms with Gasteiger partial charge in [0.1, 0.15) is 12.4 Å². The normalized spacial score (nSPS) is 13.5. The number of esters is 2. The zero-order valence-corrected chi connectivity index (χ0v) is 19.9. The number of benzene rings is 1. The molecule has 1 amide bonds. The second kappa shape index (κ2) is 11.0. The summed E-state index contributed by atoms with van der Waals surface area (Å²) < 4.78 is 26.3.